The highest BCUT2D eigenvalue weighted by atomic mass is 19.4. The number of ether oxygens (including phenoxy) is 1. The molecule has 8 heteroatoms. The Bertz CT molecular complexity index is 1140. The largest absolute Gasteiger partial charge is 0.480 e. The van der Waals surface area contributed by atoms with Gasteiger partial charge >= 0.3 is 6.18 Å². The molecule has 0 atom stereocenters. The molecule has 0 N–H and O–H groups in total. The van der Waals surface area contributed by atoms with Gasteiger partial charge in [-0.3, -0.25) is 0 Å². The molecule has 0 spiro atoms. The molecule has 0 saturated heterocycles. The van der Waals surface area contributed by atoms with Crippen LogP contribution in [0.5, 0.6) is 5.88 Å². The average Bonchev–Trinajstić information content (AvgIpc) is 2.97. The number of rotatable bonds is 2. The standard InChI is InChI=1S/C18H10F4N2O2/c1-25-17-14(18(20,21)22)15(19)23-16(24-17)9-6-7-13-11(8-9)10-4-2-3-5-12(10)26-13/h2-8H,1H3. The summed E-state index contributed by atoms with van der Waals surface area (Å²) in [6, 6.07) is 12.1. The molecular weight excluding hydrogens is 352 g/mol. The molecule has 0 bridgehead atoms. The predicted octanol–water partition coefficient (Wildman–Crippen LogP) is 5.21. The molecule has 2 heterocycles. The number of benzene rings is 2. The predicted molar refractivity (Wildman–Crippen MR) is 86.3 cm³/mol. The number of fused-ring (bicyclic) bond motifs is 3. The fourth-order valence-electron chi connectivity index (χ4n) is 2.79. The lowest BCUT2D eigenvalue weighted by molar-refractivity contribution is -0.142. The van der Waals surface area contributed by atoms with Crippen molar-refractivity contribution < 1.29 is 26.7 Å². The second kappa shape index (κ2) is 5.69. The highest BCUT2D eigenvalue weighted by Gasteiger charge is 2.40. The molecule has 0 aliphatic rings. The summed E-state index contributed by atoms with van der Waals surface area (Å²) in [5, 5.41) is 1.55. The molecule has 0 amide bonds. The van der Waals surface area contributed by atoms with Crippen molar-refractivity contribution in [2.24, 2.45) is 0 Å². The topological polar surface area (TPSA) is 48.2 Å². The molecule has 4 aromatic rings. The molecule has 2 aromatic heterocycles. The van der Waals surface area contributed by atoms with Crippen molar-refractivity contribution in [2.75, 3.05) is 7.11 Å². The van der Waals surface area contributed by atoms with Gasteiger partial charge in [0.25, 0.3) is 0 Å². The van der Waals surface area contributed by atoms with Crippen molar-refractivity contribution in [3.05, 3.63) is 54.0 Å². The van der Waals surface area contributed by atoms with Crippen LogP contribution in [-0.4, -0.2) is 17.1 Å². The number of aromatic nitrogens is 2. The fourth-order valence-corrected chi connectivity index (χ4v) is 2.79. The summed E-state index contributed by atoms with van der Waals surface area (Å²) in [6.45, 7) is 0. The van der Waals surface area contributed by atoms with Gasteiger partial charge in [0, 0.05) is 16.3 Å². The van der Waals surface area contributed by atoms with Crippen LogP contribution < -0.4 is 4.74 Å². The minimum absolute atomic E-state index is 0.209. The smallest absolute Gasteiger partial charge is 0.426 e. The van der Waals surface area contributed by atoms with E-state index in [1.807, 2.05) is 18.2 Å². The summed E-state index contributed by atoms with van der Waals surface area (Å²) in [4.78, 5) is 7.12. The second-order valence-electron chi connectivity index (χ2n) is 5.53. The number of nitrogens with zero attached hydrogens (tertiary/aromatic N) is 2. The third-order valence-corrected chi connectivity index (χ3v) is 3.94. The zero-order chi connectivity index (χ0) is 18.5. The lowest BCUT2D eigenvalue weighted by Crippen LogP contribution is -2.14. The number of halogens is 4. The lowest BCUT2D eigenvalue weighted by Gasteiger charge is -2.12. The van der Waals surface area contributed by atoms with E-state index in [0.717, 1.165) is 17.9 Å². The van der Waals surface area contributed by atoms with E-state index in [1.54, 1.807) is 24.3 Å². The van der Waals surface area contributed by atoms with Crippen LogP contribution in [0, 0.1) is 5.95 Å². The zero-order valence-electron chi connectivity index (χ0n) is 13.3. The van der Waals surface area contributed by atoms with Crippen molar-refractivity contribution >= 4 is 21.9 Å². The first-order chi connectivity index (χ1) is 12.4. The molecule has 132 valence electrons. The Morgan fingerprint density at radius 2 is 1.69 bits per heavy atom. The van der Waals surface area contributed by atoms with Crippen molar-refractivity contribution in [2.45, 2.75) is 6.18 Å². The van der Waals surface area contributed by atoms with Crippen molar-refractivity contribution in [3.63, 3.8) is 0 Å². The van der Waals surface area contributed by atoms with Gasteiger partial charge in [-0.1, -0.05) is 18.2 Å². The van der Waals surface area contributed by atoms with E-state index in [9.17, 15) is 17.6 Å². The Morgan fingerprint density at radius 3 is 2.42 bits per heavy atom. The molecular formula is C18H10F4N2O2. The first-order valence-electron chi connectivity index (χ1n) is 7.49. The van der Waals surface area contributed by atoms with E-state index in [2.05, 4.69) is 14.7 Å². The van der Waals surface area contributed by atoms with E-state index in [1.165, 1.54) is 0 Å². The van der Waals surface area contributed by atoms with E-state index in [-0.39, 0.29) is 5.82 Å². The first kappa shape index (κ1) is 16.3. The summed E-state index contributed by atoms with van der Waals surface area (Å²) in [5.74, 6) is -2.76. The van der Waals surface area contributed by atoms with Crippen LogP contribution in [0.3, 0.4) is 0 Å². The molecule has 2 aromatic carbocycles. The highest BCUT2D eigenvalue weighted by molar-refractivity contribution is 6.06. The quantitative estimate of drug-likeness (QED) is 0.363. The zero-order valence-corrected chi connectivity index (χ0v) is 13.3. The van der Waals surface area contributed by atoms with Crippen molar-refractivity contribution in [1.82, 2.24) is 9.97 Å². The molecule has 0 radical (unpaired) electrons. The summed E-state index contributed by atoms with van der Waals surface area (Å²) < 4.78 is 63.2. The summed E-state index contributed by atoms with van der Waals surface area (Å²) in [5.41, 5.74) is -0.0281. The van der Waals surface area contributed by atoms with Crippen LogP contribution in [0.4, 0.5) is 17.6 Å². The van der Waals surface area contributed by atoms with Gasteiger partial charge in [-0.15, -0.1) is 0 Å². The maximum atomic E-state index is 14.0. The SMILES string of the molecule is COc1nc(-c2ccc3oc4ccccc4c3c2)nc(F)c1C(F)(F)F. The molecule has 4 rings (SSSR count). The van der Waals surface area contributed by atoms with E-state index in [4.69, 9.17) is 4.42 Å². The van der Waals surface area contributed by atoms with Crippen LogP contribution in [0.1, 0.15) is 5.56 Å². The number of para-hydroxylation sites is 1. The number of hydrogen-bond donors (Lipinski definition) is 0. The first-order valence-corrected chi connectivity index (χ1v) is 7.49. The van der Waals surface area contributed by atoms with E-state index < -0.39 is 23.6 Å². The van der Waals surface area contributed by atoms with Crippen LogP contribution in [0.25, 0.3) is 33.3 Å². The minimum atomic E-state index is -4.96. The molecule has 4 nitrogen and oxygen atoms in total. The maximum Gasteiger partial charge on any atom is 0.426 e. The fraction of sp³-hybridized carbons (Fsp3) is 0.111. The lowest BCUT2D eigenvalue weighted by atomic mass is 10.1. The van der Waals surface area contributed by atoms with Crippen molar-refractivity contribution in [1.29, 1.82) is 0 Å². The Labute approximate surface area is 144 Å². The summed E-state index contributed by atoms with van der Waals surface area (Å²) in [6.07, 6.45) is -4.96. The van der Waals surface area contributed by atoms with E-state index in [0.29, 0.717) is 16.7 Å². The summed E-state index contributed by atoms with van der Waals surface area (Å²) in [7, 11) is 0.994. The van der Waals surface area contributed by atoms with Gasteiger partial charge in [0.1, 0.15) is 11.2 Å². The molecule has 0 aliphatic heterocycles. The number of furan rings is 1. The molecule has 0 unspecified atom stereocenters. The highest BCUT2D eigenvalue weighted by Crippen LogP contribution is 2.38. The molecule has 26 heavy (non-hydrogen) atoms. The Kier molecular flexibility index (Phi) is 3.57. The number of alkyl halides is 3. The molecule has 0 fully saturated rings. The Hall–Kier alpha value is -3.16. The van der Waals surface area contributed by atoms with Gasteiger partial charge in [0.15, 0.2) is 11.4 Å². The molecule has 0 saturated carbocycles. The van der Waals surface area contributed by atoms with Crippen molar-refractivity contribution in [3.8, 4) is 17.3 Å². The van der Waals surface area contributed by atoms with Gasteiger partial charge < -0.3 is 9.15 Å². The summed E-state index contributed by atoms with van der Waals surface area (Å²) >= 11 is 0. The number of hydrogen-bond acceptors (Lipinski definition) is 4. The second-order valence-corrected chi connectivity index (χ2v) is 5.53. The minimum Gasteiger partial charge on any atom is -0.480 e. The third kappa shape index (κ3) is 2.54. The van der Waals surface area contributed by atoms with Gasteiger partial charge in [-0.2, -0.15) is 27.5 Å². The van der Waals surface area contributed by atoms with Crippen LogP contribution in [0.2, 0.25) is 0 Å². The third-order valence-electron chi connectivity index (χ3n) is 3.94. The molecule has 0 aliphatic carbocycles. The maximum absolute atomic E-state index is 14.0. The Balaban J connectivity index is 1.92. The van der Waals surface area contributed by atoms with Crippen LogP contribution >= 0.6 is 0 Å². The average molecular weight is 362 g/mol. The van der Waals surface area contributed by atoms with Crippen LogP contribution in [-0.2, 0) is 6.18 Å². The van der Waals surface area contributed by atoms with Gasteiger partial charge in [-0.25, -0.2) is 0 Å². The Morgan fingerprint density at radius 1 is 0.962 bits per heavy atom. The van der Waals surface area contributed by atoms with Crippen LogP contribution in [0.15, 0.2) is 46.9 Å². The monoisotopic (exact) mass is 362 g/mol. The van der Waals surface area contributed by atoms with Gasteiger partial charge in [0.2, 0.25) is 11.8 Å². The van der Waals surface area contributed by atoms with Gasteiger partial charge in [-0.05, 0) is 24.3 Å². The number of methoxy groups -OCH3 is 1. The van der Waals surface area contributed by atoms with E-state index >= 15 is 0 Å². The van der Waals surface area contributed by atoms with Gasteiger partial charge in [0.05, 0.1) is 7.11 Å². The normalized spacial score (nSPS) is 12.0.